The van der Waals surface area contributed by atoms with E-state index in [-0.39, 0.29) is 0 Å². The van der Waals surface area contributed by atoms with E-state index in [1.807, 2.05) is 38.2 Å². The Balaban J connectivity index is 1.73. The highest BCUT2D eigenvalue weighted by Gasteiger charge is 2.05. The van der Waals surface area contributed by atoms with Crippen LogP contribution in [0.3, 0.4) is 0 Å². The molecular weight excluding hydrogens is 276 g/mol. The number of aryl methyl sites for hydroxylation is 1. The average molecular weight is 294 g/mol. The Morgan fingerprint density at radius 1 is 1.23 bits per heavy atom. The quantitative estimate of drug-likeness (QED) is 0.560. The second-order valence-corrected chi connectivity index (χ2v) is 5.07. The van der Waals surface area contributed by atoms with Crippen molar-refractivity contribution < 1.29 is 4.42 Å². The molecule has 0 aliphatic rings. The topological polar surface area (TPSA) is 62.5 Å². The molecule has 0 bridgehead atoms. The van der Waals surface area contributed by atoms with Crippen molar-refractivity contribution in [2.45, 2.75) is 13.5 Å². The van der Waals surface area contributed by atoms with Crippen molar-refractivity contribution in [3.8, 4) is 0 Å². The van der Waals surface area contributed by atoms with Crippen molar-refractivity contribution >= 4 is 23.0 Å². The van der Waals surface area contributed by atoms with Crippen molar-refractivity contribution in [1.82, 2.24) is 10.3 Å². The van der Waals surface area contributed by atoms with Crippen molar-refractivity contribution in [2.24, 2.45) is 5.10 Å². The van der Waals surface area contributed by atoms with Gasteiger partial charge in [-0.3, -0.25) is 5.43 Å². The number of furan rings is 1. The fraction of sp³-hybridized carbons (Fsp3) is 0.176. The standard InChI is InChI=1S/C17H18N4O/c1-12-9-15-16(22-12)7-8-19-17(15)21-20-11-14-5-3-13(4-6-14)10-18-2/h3-9,11,18H,10H2,1-2H3,(H,19,21)/b20-11+. The largest absolute Gasteiger partial charge is 0.461 e. The molecule has 5 nitrogen and oxygen atoms in total. The van der Waals surface area contributed by atoms with Gasteiger partial charge in [0, 0.05) is 12.7 Å². The predicted octanol–water partition coefficient (Wildman–Crippen LogP) is 3.30. The molecule has 0 unspecified atom stereocenters. The van der Waals surface area contributed by atoms with Crippen LogP contribution in [0.4, 0.5) is 5.82 Å². The number of hydrogen-bond donors (Lipinski definition) is 2. The van der Waals surface area contributed by atoms with Gasteiger partial charge in [-0.1, -0.05) is 24.3 Å². The lowest BCUT2D eigenvalue weighted by Crippen LogP contribution is -2.04. The first kappa shape index (κ1) is 14.3. The first-order valence-electron chi connectivity index (χ1n) is 7.14. The lowest BCUT2D eigenvalue weighted by molar-refractivity contribution is 0.578. The number of pyridine rings is 1. The molecule has 2 heterocycles. The SMILES string of the molecule is CNCc1ccc(/C=N/Nc2nccc3oc(C)cc23)cc1. The number of nitrogens with one attached hydrogen (secondary N) is 2. The lowest BCUT2D eigenvalue weighted by Gasteiger charge is -2.01. The second kappa shape index (κ2) is 6.41. The molecular formula is C17H18N4O. The summed E-state index contributed by atoms with van der Waals surface area (Å²) in [4.78, 5) is 4.30. The van der Waals surface area contributed by atoms with E-state index in [1.54, 1.807) is 12.4 Å². The highest BCUT2D eigenvalue weighted by molar-refractivity contribution is 5.89. The zero-order valence-corrected chi connectivity index (χ0v) is 12.6. The summed E-state index contributed by atoms with van der Waals surface area (Å²) in [5.41, 5.74) is 6.06. The Hall–Kier alpha value is -2.66. The molecule has 0 atom stereocenters. The molecule has 5 heteroatoms. The minimum absolute atomic E-state index is 0.692. The Morgan fingerprint density at radius 3 is 2.82 bits per heavy atom. The Bertz CT molecular complexity index is 790. The molecule has 0 spiro atoms. The highest BCUT2D eigenvalue weighted by Crippen LogP contribution is 2.24. The third-order valence-corrected chi connectivity index (χ3v) is 3.31. The van der Waals surface area contributed by atoms with Crippen LogP contribution < -0.4 is 10.7 Å². The molecule has 0 aliphatic heterocycles. The second-order valence-electron chi connectivity index (χ2n) is 5.07. The Morgan fingerprint density at radius 2 is 2.05 bits per heavy atom. The van der Waals surface area contributed by atoms with E-state index in [4.69, 9.17) is 4.42 Å². The van der Waals surface area contributed by atoms with Crippen LogP contribution in [0.25, 0.3) is 11.0 Å². The van der Waals surface area contributed by atoms with Gasteiger partial charge >= 0.3 is 0 Å². The summed E-state index contributed by atoms with van der Waals surface area (Å²) < 4.78 is 5.57. The van der Waals surface area contributed by atoms with Gasteiger partial charge in [0.1, 0.15) is 11.3 Å². The average Bonchev–Trinajstić information content (AvgIpc) is 2.90. The van der Waals surface area contributed by atoms with Gasteiger partial charge in [0.2, 0.25) is 0 Å². The van der Waals surface area contributed by atoms with Gasteiger partial charge in [0.15, 0.2) is 5.82 Å². The van der Waals surface area contributed by atoms with Gasteiger partial charge in [-0.25, -0.2) is 4.98 Å². The summed E-state index contributed by atoms with van der Waals surface area (Å²) in [7, 11) is 1.93. The third kappa shape index (κ3) is 3.15. The first-order chi connectivity index (χ1) is 10.8. The number of nitrogens with zero attached hydrogens (tertiary/aromatic N) is 2. The van der Waals surface area contributed by atoms with E-state index in [0.717, 1.165) is 28.8 Å². The molecule has 0 saturated heterocycles. The molecule has 1 aromatic carbocycles. The van der Waals surface area contributed by atoms with Gasteiger partial charge in [-0.15, -0.1) is 0 Å². The maximum Gasteiger partial charge on any atom is 0.157 e. The molecule has 3 aromatic rings. The van der Waals surface area contributed by atoms with Gasteiger partial charge in [0.25, 0.3) is 0 Å². The fourth-order valence-electron chi connectivity index (χ4n) is 2.27. The van der Waals surface area contributed by atoms with Crippen LogP contribution >= 0.6 is 0 Å². The highest BCUT2D eigenvalue weighted by atomic mass is 16.3. The van der Waals surface area contributed by atoms with E-state index < -0.39 is 0 Å². The molecule has 2 N–H and O–H groups in total. The van der Waals surface area contributed by atoms with Crippen molar-refractivity contribution in [3.63, 3.8) is 0 Å². The normalized spacial score (nSPS) is 11.4. The number of hydrazone groups is 1. The molecule has 2 aromatic heterocycles. The van der Waals surface area contributed by atoms with Crippen LogP contribution in [-0.4, -0.2) is 18.2 Å². The Kier molecular flexibility index (Phi) is 4.16. The molecule has 0 saturated carbocycles. The summed E-state index contributed by atoms with van der Waals surface area (Å²) in [6.45, 7) is 2.78. The first-order valence-corrected chi connectivity index (χ1v) is 7.14. The fourth-order valence-corrected chi connectivity index (χ4v) is 2.27. The van der Waals surface area contributed by atoms with Crippen LogP contribution in [0, 0.1) is 6.92 Å². The van der Waals surface area contributed by atoms with E-state index in [9.17, 15) is 0 Å². The summed E-state index contributed by atoms with van der Waals surface area (Å²) >= 11 is 0. The number of rotatable bonds is 5. The summed E-state index contributed by atoms with van der Waals surface area (Å²) in [5, 5.41) is 8.31. The zero-order valence-electron chi connectivity index (χ0n) is 12.6. The minimum Gasteiger partial charge on any atom is -0.461 e. The molecule has 0 fully saturated rings. The lowest BCUT2D eigenvalue weighted by atomic mass is 10.1. The number of aromatic nitrogens is 1. The molecule has 3 rings (SSSR count). The predicted molar refractivity (Wildman–Crippen MR) is 89.2 cm³/mol. The van der Waals surface area contributed by atoms with Crippen LogP contribution in [0.15, 0.2) is 52.1 Å². The van der Waals surface area contributed by atoms with E-state index in [0.29, 0.717) is 5.82 Å². The van der Waals surface area contributed by atoms with Crippen LogP contribution in [0.5, 0.6) is 0 Å². The third-order valence-electron chi connectivity index (χ3n) is 3.31. The van der Waals surface area contributed by atoms with Gasteiger partial charge in [0.05, 0.1) is 11.6 Å². The molecule has 22 heavy (non-hydrogen) atoms. The maximum atomic E-state index is 5.57. The van der Waals surface area contributed by atoms with Crippen LogP contribution in [0.2, 0.25) is 0 Å². The van der Waals surface area contributed by atoms with Crippen molar-refractivity contribution in [2.75, 3.05) is 12.5 Å². The number of fused-ring (bicyclic) bond motifs is 1. The molecule has 112 valence electrons. The van der Waals surface area contributed by atoms with Crippen molar-refractivity contribution in [3.05, 3.63) is 59.5 Å². The number of hydrogen-bond acceptors (Lipinski definition) is 5. The maximum absolute atomic E-state index is 5.57. The van der Waals surface area contributed by atoms with Gasteiger partial charge < -0.3 is 9.73 Å². The van der Waals surface area contributed by atoms with Crippen LogP contribution in [0.1, 0.15) is 16.9 Å². The molecule has 0 aliphatic carbocycles. The van der Waals surface area contributed by atoms with Gasteiger partial charge in [-0.2, -0.15) is 5.10 Å². The zero-order chi connectivity index (χ0) is 15.4. The number of anilines is 1. The molecule has 0 radical (unpaired) electrons. The van der Waals surface area contributed by atoms with E-state index >= 15 is 0 Å². The van der Waals surface area contributed by atoms with Crippen LogP contribution in [-0.2, 0) is 6.54 Å². The minimum atomic E-state index is 0.692. The summed E-state index contributed by atoms with van der Waals surface area (Å²) in [6.07, 6.45) is 3.48. The number of benzene rings is 1. The monoisotopic (exact) mass is 294 g/mol. The summed E-state index contributed by atoms with van der Waals surface area (Å²) in [5.74, 6) is 1.55. The van der Waals surface area contributed by atoms with Crippen molar-refractivity contribution in [1.29, 1.82) is 0 Å². The van der Waals surface area contributed by atoms with E-state index in [1.165, 1.54) is 5.56 Å². The summed E-state index contributed by atoms with van der Waals surface area (Å²) in [6, 6.07) is 12.0. The Labute approximate surface area is 129 Å². The van der Waals surface area contributed by atoms with Gasteiger partial charge in [-0.05, 0) is 37.2 Å². The van der Waals surface area contributed by atoms with E-state index in [2.05, 4.69) is 33.0 Å². The smallest absolute Gasteiger partial charge is 0.157 e. The molecule has 0 amide bonds.